The molecule has 1 saturated carbocycles. The fourth-order valence-corrected chi connectivity index (χ4v) is 4.32. The molecule has 29 heavy (non-hydrogen) atoms. The summed E-state index contributed by atoms with van der Waals surface area (Å²) >= 11 is 0. The summed E-state index contributed by atoms with van der Waals surface area (Å²) in [5.74, 6) is -0.330. The van der Waals surface area contributed by atoms with Gasteiger partial charge in [0.1, 0.15) is 0 Å². The van der Waals surface area contributed by atoms with Gasteiger partial charge in [-0.15, -0.1) is 0 Å². The highest BCUT2D eigenvalue weighted by Gasteiger charge is 2.43. The molecule has 5 rings (SSSR count). The number of nitrogens with zero attached hydrogens (tertiary/aromatic N) is 4. The Morgan fingerprint density at radius 1 is 1.14 bits per heavy atom. The minimum Gasteiger partial charge on any atom is -0.300 e. The summed E-state index contributed by atoms with van der Waals surface area (Å²) in [6, 6.07) is 8.67. The summed E-state index contributed by atoms with van der Waals surface area (Å²) in [7, 11) is 1.89. The molecule has 1 aliphatic heterocycles. The van der Waals surface area contributed by atoms with Gasteiger partial charge in [-0.05, 0) is 35.9 Å². The number of alkyl halides is 1. The lowest BCUT2D eigenvalue weighted by Crippen LogP contribution is -2.47. The Balaban J connectivity index is 1.33. The normalized spacial score (nSPS) is 19.5. The molecule has 6 heteroatoms. The maximum Gasteiger partial charge on any atom is 0.175 e. The van der Waals surface area contributed by atoms with Crippen LogP contribution in [0.2, 0.25) is 0 Å². The van der Waals surface area contributed by atoms with Crippen molar-refractivity contribution in [3.8, 4) is 11.1 Å². The Bertz CT molecular complexity index is 1060. The maximum absolute atomic E-state index is 15.3. The van der Waals surface area contributed by atoms with Gasteiger partial charge in [-0.3, -0.25) is 14.5 Å². The van der Waals surface area contributed by atoms with Crippen molar-refractivity contribution in [2.45, 2.75) is 43.8 Å². The number of fused-ring (bicyclic) bond motifs is 1. The first-order valence-electron chi connectivity index (χ1n) is 10.3. The quantitative estimate of drug-likeness (QED) is 0.664. The van der Waals surface area contributed by atoms with E-state index >= 15 is 4.39 Å². The van der Waals surface area contributed by atoms with E-state index in [0.29, 0.717) is 37.7 Å². The number of rotatable bonds is 5. The van der Waals surface area contributed by atoms with Crippen molar-refractivity contribution < 1.29 is 9.18 Å². The number of hydrogen-bond acceptors (Lipinski definition) is 4. The van der Waals surface area contributed by atoms with Crippen molar-refractivity contribution >= 4 is 16.6 Å². The van der Waals surface area contributed by atoms with Gasteiger partial charge in [-0.1, -0.05) is 12.1 Å². The Morgan fingerprint density at radius 2 is 1.93 bits per heavy atom. The zero-order chi connectivity index (χ0) is 20.0. The Labute approximate surface area is 169 Å². The SMILES string of the molecule is Cn1cc(-c2ccc3cnc(CC(=O)C4(F)CCN(C5CC5)CC4)cc3c2)cn1. The van der Waals surface area contributed by atoms with Crippen LogP contribution in [-0.2, 0) is 18.3 Å². The lowest BCUT2D eigenvalue weighted by atomic mass is 9.86. The molecule has 5 nitrogen and oxygen atoms in total. The summed E-state index contributed by atoms with van der Waals surface area (Å²) in [6.07, 6.45) is 8.66. The van der Waals surface area contributed by atoms with Gasteiger partial charge < -0.3 is 4.90 Å². The zero-order valence-corrected chi connectivity index (χ0v) is 16.6. The number of likely N-dealkylation sites (tertiary alicyclic amines) is 1. The van der Waals surface area contributed by atoms with E-state index in [2.05, 4.69) is 21.0 Å². The van der Waals surface area contributed by atoms with Gasteiger partial charge in [-0.2, -0.15) is 5.10 Å². The third-order valence-corrected chi connectivity index (χ3v) is 6.31. The van der Waals surface area contributed by atoms with Crippen LogP contribution in [0.25, 0.3) is 21.9 Å². The molecule has 0 spiro atoms. The number of ketones is 1. The van der Waals surface area contributed by atoms with E-state index in [1.807, 2.05) is 37.6 Å². The van der Waals surface area contributed by atoms with E-state index in [1.165, 1.54) is 12.8 Å². The van der Waals surface area contributed by atoms with Crippen LogP contribution in [0.3, 0.4) is 0 Å². The molecule has 1 aromatic carbocycles. The van der Waals surface area contributed by atoms with Gasteiger partial charge in [-0.25, -0.2) is 4.39 Å². The Kier molecular flexibility index (Phi) is 4.46. The molecule has 0 amide bonds. The Hall–Kier alpha value is -2.60. The molecule has 0 N–H and O–H groups in total. The fraction of sp³-hybridized carbons (Fsp3) is 0.435. The average Bonchev–Trinajstić information content (AvgIpc) is 3.48. The van der Waals surface area contributed by atoms with Gasteiger partial charge >= 0.3 is 0 Å². The van der Waals surface area contributed by atoms with Crippen LogP contribution in [0.4, 0.5) is 4.39 Å². The second-order valence-electron chi connectivity index (χ2n) is 8.47. The lowest BCUT2D eigenvalue weighted by Gasteiger charge is -2.35. The Morgan fingerprint density at radius 3 is 2.62 bits per heavy atom. The first kappa shape index (κ1) is 18.4. The number of carbonyl (C=O) groups excluding carboxylic acids is 1. The summed E-state index contributed by atoms with van der Waals surface area (Å²) < 4.78 is 17.1. The van der Waals surface area contributed by atoms with Crippen LogP contribution in [0.5, 0.6) is 0 Å². The van der Waals surface area contributed by atoms with E-state index in [9.17, 15) is 4.79 Å². The number of carbonyl (C=O) groups is 1. The number of Topliss-reactive ketones (excluding diaryl/α,β-unsaturated/α-hetero) is 1. The van der Waals surface area contributed by atoms with Crippen LogP contribution >= 0.6 is 0 Å². The molecular formula is C23H25FN4O. The average molecular weight is 392 g/mol. The number of pyridine rings is 1. The summed E-state index contributed by atoms with van der Waals surface area (Å²) in [5.41, 5.74) is 1.02. The highest BCUT2D eigenvalue weighted by Crippen LogP contribution is 2.35. The largest absolute Gasteiger partial charge is 0.300 e. The molecule has 2 aliphatic rings. The van der Waals surface area contributed by atoms with Crippen molar-refractivity contribution in [2.75, 3.05) is 13.1 Å². The summed E-state index contributed by atoms with van der Waals surface area (Å²) in [5, 5.41) is 6.23. The zero-order valence-electron chi connectivity index (χ0n) is 16.6. The van der Waals surface area contributed by atoms with Crippen molar-refractivity contribution in [3.63, 3.8) is 0 Å². The number of piperidine rings is 1. The van der Waals surface area contributed by atoms with E-state index in [4.69, 9.17) is 0 Å². The topological polar surface area (TPSA) is 51.0 Å². The van der Waals surface area contributed by atoms with E-state index < -0.39 is 5.67 Å². The van der Waals surface area contributed by atoms with Crippen LogP contribution in [0, 0.1) is 0 Å². The molecule has 0 unspecified atom stereocenters. The van der Waals surface area contributed by atoms with Gasteiger partial charge in [0.2, 0.25) is 0 Å². The predicted molar refractivity (Wildman–Crippen MR) is 110 cm³/mol. The van der Waals surface area contributed by atoms with Crippen molar-refractivity contribution in [1.82, 2.24) is 19.7 Å². The van der Waals surface area contributed by atoms with Crippen LogP contribution in [0.15, 0.2) is 42.9 Å². The van der Waals surface area contributed by atoms with Crippen molar-refractivity contribution in [3.05, 3.63) is 48.5 Å². The highest BCUT2D eigenvalue weighted by atomic mass is 19.1. The van der Waals surface area contributed by atoms with E-state index in [0.717, 1.165) is 21.9 Å². The lowest BCUT2D eigenvalue weighted by molar-refractivity contribution is -0.133. The minimum atomic E-state index is -1.71. The number of aryl methyl sites for hydroxylation is 1. The molecule has 150 valence electrons. The van der Waals surface area contributed by atoms with E-state index in [-0.39, 0.29) is 12.2 Å². The van der Waals surface area contributed by atoms with Gasteiger partial charge in [0.25, 0.3) is 0 Å². The van der Waals surface area contributed by atoms with Crippen LogP contribution in [-0.4, -0.2) is 50.2 Å². The molecule has 0 radical (unpaired) electrons. The van der Waals surface area contributed by atoms with Crippen LogP contribution < -0.4 is 0 Å². The third kappa shape index (κ3) is 3.69. The standard InChI is InChI=1S/C23H25FN4O/c1-27-15-19(14-26-27)16-2-3-17-13-25-20(11-18(17)10-16)12-22(29)23(24)6-8-28(9-7-23)21-4-5-21/h2-3,10-11,13-15,21H,4-9,12H2,1H3. The number of halogens is 1. The molecule has 3 heterocycles. The molecule has 2 fully saturated rings. The molecule has 1 saturated heterocycles. The monoisotopic (exact) mass is 392 g/mol. The second kappa shape index (κ2) is 7.02. The number of aromatic nitrogens is 3. The fourth-order valence-electron chi connectivity index (χ4n) is 4.32. The van der Waals surface area contributed by atoms with Crippen LogP contribution in [0.1, 0.15) is 31.4 Å². The maximum atomic E-state index is 15.3. The smallest absolute Gasteiger partial charge is 0.175 e. The molecular weight excluding hydrogens is 367 g/mol. The highest BCUT2D eigenvalue weighted by molar-refractivity contribution is 5.91. The third-order valence-electron chi connectivity index (χ3n) is 6.31. The summed E-state index contributed by atoms with van der Waals surface area (Å²) in [6.45, 7) is 1.37. The van der Waals surface area contributed by atoms with E-state index in [1.54, 1.807) is 10.9 Å². The first-order chi connectivity index (χ1) is 14.0. The number of benzene rings is 1. The molecule has 3 aromatic rings. The second-order valence-corrected chi connectivity index (χ2v) is 8.47. The predicted octanol–water partition coefficient (Wildman–Crippen LogP) is 3.71. The molecule has 1 aliphatic carbocycles. The first-order valence-corrected chi connectivity index (χ1v) is 10.3. The molecule has 0 atom stereocenters. The van der Waals surface area contributed by atoms with Crippen molar-refractivity contribution in [2.24, 2.45) is 7.05 Å². The summed E-state index contributed by atoms with van der Waals surface area (Å²) in [4.78, 5) is 19.5. The van der Waals surface area contributed by atoms with Gasteiger partial charge in [0.05, 0.1) is 12.6 Å². The van der Waals surface area contributed by atoms with Gasteiger partial charge in [0.15, 0.2) is 11.5 Å². The number of hydrogen-bond donors (Lipinski definition) is 0. The van der Waals surface area contributed by atoms with Gasteiger partial charge in [0, 0.05) is 68.1 Å². The molecule has 0 bridgehead atoms. The minimum absolute atomic E-state index is 0.0486. The molecule has 2 aromatic heterocycles. The van der Waals surface area contributed by atoms with Crippen molar-refractivity contribution in [1.29, 1.82) is 0 Å².